The Bertz CT molecular complexity index is 1050. The van der Waals surface area contributed by atoms with Crippen LogP contribution in [0.5, 0.6) is 0 Å². The van der Waals surface area contributed by atoms with Crippen LogP contribution >= 0.6 is 0 Å². The number of hydrogen-bond donors (Lipinski definition) is 2. The number of carbonyl (C=O) groups excluding carboxylic acids is 1. The number of benzene rings is 1. The van der Waals surface area contributed by atoms with Gasteiger partial charge in [-0.05, 0) is 50.3 Å². The van der Waals surface area contributed by atoms with E-state index < -0.39 is 5.54 Å². The third kappa shape index (κ3) is 3.11. The number of carbonyl (C=O) groups is 1. The van der Waals surface area contributed by atoms with E-state index in [1.165, 1.54) is 18.9 Å². The summed E-state index contributed by atoms with van der Waals surface area (Å²) >= 11 is 0. The molecule has 2 saturated heterocycles. The predicted octanol–water partition coefficient (Wildman–Crippen LogP) is 3.52. The molecular formula is C24H29FN6O. The molecule has 1 saturated carbocycles. The fraction of sp³-hybridized carbons (Fsp3) is 0.542. The van der Waals surface area contributed by atoms with Gasteiger partial charge in [0.15, 0.2) is 0 Å². The van der Waals surface area contributed by atoms with E-state index in [0.29, 0.717) is 36.3 Å². The number of fused-ring (bicyclic) bond motifs is 1. The SMILES string of the molecule is O=C1NCCC12Cc1cnc(Nc3ccc(N4CCCC4)c(F)c3)nc1N2C1CCCC1. The average Bonchev–Trinajstić information content (AvgIpc) is 3.57. The lowest BCUT2D eigenvalue weighted by atomic mass is 9.91. The molecule has 3 aliphatic heterocycles. The number of nitrogens with zero attached hydrogens (tertiary/aromatic N) is 4. The summed E-state index contributed by atoms with van der Waals surface area (Å²) in [4.78, 5) is 26.7. The first-order chi connectivity index (χ1) is 15.6. The highest BCUT2D eigenvalue weighted by Crippen LogP contribution is 2.46. The summed E-state index contributed by atoms with van der Waals surface area (Å²) < 4.78 is 14.8. The van der Waals surface area contributed by atoms with Crippen LogP contribution in [-0.2, 0) is 11.2 Å². The molecule has 1 atom stereocenters. The fourth-order valence-corrected chi connectivity index (χ4v) is 6.07. The summed E-state index contributed by atoms with van der Waals surface area (Å²) in [5, 5.41) is 6.23. The Morgan fingerprint density at radius 2 is 1.97 bits per heavy atom. The number of nitrogens with one attached hydrogen (secondary N) is 2. The van der Waals surface area contributed by atoms with Gasteiger partial charge in [-0.1, -0.05) is 12.8 Å². The van der Waals surface area contributed by atoms with Crippen molar-refractivity contribution in [3.8, 4) is 0 Å². The monoisotopic (exact) mass is 436 g/mol. The molecule has 4 aliphatic rings. The third-order valence-corrected chi connectivity index (χ3v) is 7.60. The van der Waals surface area contributed by atoms with Crippen molar-refractivity contribution in [3.63, 3.8) is 0 Å². The van der Waals surface area contributed by atoms with Crippen LogP contribution in [0.3, 0.4) is 0 Å². The molecule has 6 rings (SSSR count). The van der Waals surface area contributed by atoms with Gasteiger partial charge in [-0.25, -0.2) is 9.37 Å². The third-order valence-electron chi connectivity index (χ3n) is 7.60. The molecule has 32 heavy (non-hydrogen) atoms. The maximum atomic E-state index is 14.8. The van der Waals surface area contributed by atoms with E-state index in [-0.39, 0.29) is 11.7 Å². The van der Waals surface area contributed by atoms with Gasteiger partial charge in [0.2, 0.25) is 11.9 Å². The number of anilines is 4. The molecule has 2 N–H and O–H groups in total. The van der Waals surface area contributed by atoms with Crippen LogP contribution in [-0.4, -0.2) is 47.1 Å². The standard InChI is InChI=1S/C24H29FN6O/c25-19-13-17(7-8-20(19)30-11-3-4-12-30)28-23-27-15-16-14-24(9-10-26-22(24)32)31(21(16)29-23)18-5-1-2-6-18/h7-8,13,15,18H,1-6,9-12,14H2,(H,26,32)(H,27,28,29). The van der Waals surface area contributed by atoms with Crippen molar-refractivity contribution in [1.82, 2.24) is 15.3 Å². The van der Waals surface area contributed by atoms with Crippen LogP contribution in [0.4, 0.5) is 27.5 Å². The summed E-state index contributed by atoms with van der Waals surface area (Å²) in [6.07, 6.45) is 10.1. The molecule has 0 radical (unpaired) electrons. The molecule has 1 spiro atoms. The molecule has 7 nitrogen and oxygen atoms in total. The van der Waals surface area contributed by atoms with Crippen molar-refractivity contribution in [2.45, 2.75) is 62.9 Å². The van der Waals surface area contributed by atoms with E-state index in [9.17, 15) is 9.18 Å². The highest BCUT2D eigenvalue weighted by molar-refractivity contribution is 5.94. The van der Waals surface area contributed by atoms with Gasteiger partial charge in [0.25, 0.3) is 0 Å². The number of halogens is 1. The van der Waals surface area contributed by atoms with Gasteiger partial charge in [-0.2, -0.15) is 4.98 Å². The Morgan fingerprint density at radius 3 is 2.69 bits per heavy atom. The second-order valence-corrected chi connectivity index (χ2v) is 9.55. The van der Waals surface area contributed by atoms with Crippen LogP contribution < -0.4 is 20.4 Å². The Kier molecular flexibility index (Phi) is 4.69. The molecule has 4 heterocycles. The van der Waals surface area contributed by atoms with Gasteiger partial charge < -0.3 is 20.4 Å². The number of aromatic nitrogens is 2. The van der Waals surface area contributed by atoms with Crippen molar-refractivity contribution < 1.29 is 9.18 Å². The second-order valence-electron chi connectivity index (χ2n) is 9.55. The molecular weight excluding hydrogens is 407 g/mol. The number of amides is 1. The van der Waals surface area contributed by atoms with Crippen molar-refractivity contribution in [1.29, 1.82) is 0 Å². The molecule has 1 aliphatic carbocycles. The highest BCUT2D eigenvalue weighted by atomic mass is 19.1. The molecule has 1 aromatic heterocycles. The zero-order valence-electron chi connectivity index (χ0n) is 18.2. The van der Waals surface area contributed by atoms with Gasteiger partial charge in [0.05, 0.1) is 5.69 Å². The fourth-order valence-electron chi connectivity index (χ4n) is 6.07. The maximum Gasteiger partial charge on any atom is 0.246 e. The lowest BCUT2D eigenvalue weighted by molar-refractivity contribution is -0.123. The quantitative estimate of drug-likeness (QED) is 0.764. The van der Waals surface area contributed by atoms with Crippen LogP contribution in [0.15, 0.2) is 24.4 Å². The summed E-state index contributed by atoms with van der Waals surface area (Å²) in [7, 11) is 0. The van der Waals surface area contributed by atoms with E-state index in [2.05, 4.69) is 25.4 Å². The normalized spacial score (nSPS) is 25.1. The molecule has 8 heteroatoms. The van der Waals surface area contributed by atoms with Gasteiger partial charge in [0, 0.05) is 49.5 Å². The summed E-state index contributed by atoms with van der Waals surface area (Å²) in [5.74, 6) is 1.18. The smallest absolute Gasteiger partial charge is 0.246 e. The van der Waals surface area contributed by atoms with Gasteiger partial charge >= 0.3 is 0 Å². The highest BCUT2D eigenvalue weighted by Gasteiger charge is 2.55. The minimum Gasteiger partial charge on any atom is -0.369 e. The summed E-state index contributed by atoms with van der Waals surface area (Å²) in [5.41, 5.74) is 1.78. The van der Waals surface area contributed by atoms with Gasteiger partial charge in [-0.3, -0.25) is 4.79 Å². The van der Waals surface area contributed by atoms with Crippen molar-refractivity contribution in [3.05, 3.63) is 35.8 Å². The Labute approximate surface area is 187 Å². The lowest BCUT2D eigenvalue weighted by Gasteiger charge is -2.38. The lowest BCUT2D eigenvalue weighted by Crippen LogP contribution is -2.56. The van der Waals surface area contributed by atoms with Crippen LogP contribution in [0.2, 0.25) is 0 Å². The van der Waals surface area contributed by atoms with Crippen LogP contribution in [0.25, 0.3) is 0 Å². The van der Waals surface area contributed by atoms with E-state index in [4.69, 9.17) is 4.98 Å². The molecule has 0 bridgehead atoms. The Hall–Kier alpha value is -2.90. The number of hydrogen-bond acceptors (Lipinski definition) is 6. The zero-order chi connectivity index (χ0) is 21.7. The molecule has 2 aromatic rings. The number of rotatable bonds is 4. The van der Waals surface area contributed by atoms with Crippen molar-refractivity contribution >= 4 is 29.0 Å². The first-order valence-corrected chi connectivity index (χ1v) is 11.9. The van der Waals surface area contributed by atoms with Crippen LogP contribution in [0, 0.1) is 5.82 Å². The second kappa shape index (κ2) is 7.60. The van der Waals surface area contributed by atoms with Gasteiger partial charge in [-0.15, -0.1) is 0 Å². The minimum atomic E-state index is -0.534. The molecule has 1 unspecified atom stereocenters. The Morgan fingerprint density at radius 1 is 1.16 bits per heavy atom. The average molecular weight is 437 g/mol. The summed E-state index contributed by atoms with van der Waals surface area (Å²) in [6.45, 7) is 2.52. The van der Waals surface area contributed by atoms with Crippen molar-refractivity contribution in [2.24, 2.45) is 0 Å². The molecule has 1 aromatic carbocycles. The predicted molar refractivity (Wildman–Crippen MR) is 122 cm³/mol. The molecule has 3 fully saturated rings. The van der Waals surface area contributed by atoms with Crippen LogP contribution in [0.1, 0.15) is 50.5 Å². The first-order valence-electron chi connectivity index (χ1n) is 11.9. The van der Waals surface area contributed by atoms with Gasteiger partial charge in [0.1, 0.15) is 17.2 Å². The van der Waals surface area contributed by atoms with E-state index in [0.717, 1.165) is 56.6 Å². The minimum absolute atomic E-state index is 0.108. The topological polar surface area (TPSA) is 73.4 Å². The maximum absolute atomic E-state index is 14.8. The largest absolute Gasteiger partial charge is 0.369 e. The van der Waals surface area contributed by atoms with E-state index >= 15 is 0 Å². The molecule has 168 valence electrons. The summed E-state index contributed by atoms with van der Waals surface area (Å²) in [6, 6.07) is 5.57. The molecule has 1 amide bonds. The van der Waals surface area contributed by atoms with Crippen molar-refractivity contribution in [2.75, 3.05) is 34.8 Å². The zero-order valence-corrected chi connectivity index (χ0v) is 18.2. The van der Waals surface area contributed by atoms with E-state index in [1.54, 1.807) is 0 Å². The van der Waals surface area contributed by atoms with E-state index in [1.807, 2.05) is 18.3 Å². The Balaban J connectivity index is 1.29. The first kappa shape index (κ1) is 19.8.